The summed E-state index contributed by atoms with van der Waals surface area (Å²) in [5.41, 5.74) is 1.16. The molecule has 1 aromatic rings. The number of hydrogen-bond acceptors (Lipinski definition) is 2. The Hall–Kier alpha value is -0.750. The van der Waals surface area contributed by atoms with Gasteiger partial charge in [-0.3, -0.25) is 0 Å². The topological polar surface area (TPSA) is 12.5 Å². The summed E-state index contributed by atoms with van der Waals surface area (Å²) in [7, 11) is 2.69. The molecule has 0 radical (unpaired) electrons. The van der Waals surface area contributed by atoms with Crippen molar-refractivity contribution in [1.29, 1.82) is 0 Å². The molecule has 0 saturated heterocycles. The van der Waals surface area contributed by atoms with E-state index in [-0.39, 0.29) is 0 Å². The first-order chi connectivity index (χ1) is 5.38. The predicted molar refractivity (Wildman–Crippen MR) is 49.0 cm³/mol. The summed E-state index contributed by atoms with van der Waals surface area (Å²) in [4.78, 5) is 0. The molecule has 1 aromatic carbocycles. The Bertz CT molecular complexity index is 264. The molecule has 11 heavy (non-hydrogen) atoms. The molecule has 0 amide bonds. The van der Waals surface area contributed by atoms with Crippen LogP contribution in [0.4, 0.5) is 5.69 Å². The van der Waals surface area contributed by atoms with Gasteiger partial charge in [-0.1, -0.05) is 12.1 Å². The fourth-order valence-corrected chi connectivity index (χ4v) is 1.51. The van der Waals surface area contributed by atoms with Crippen molar-refractivity contribution >= 4 is 15.1 Å². The van der Waals surface area contributed by atoms with Crippen LogP contribution < -0.4 is 9.41 Å². The maximum Gasteiger partial charge on any atom is 0.142 e. The van der Waals surface area contributed by atoms with Crippen LogP contribution in [0, 0.1) is 0 Å². The highest BCUT2D eigenvalue weighted by atomic mass is 31.0. The van der Waals surface area contributed by atoms with E-state index in [9.17, 15) is 0 Å². The summed E-state index contributed by atoms with van der Waals surface area (Å²) >= 11 is 0. The first-order valence-electron chi connectivity index (χ1n) is 3.62. The number of anilines is 1. The lowest BCUT2D eigenvalue weighted by molar-refractivity contribution is 0.317. The maximum absolute atomic E-state index is 5.44. The summed E-state index contributed by atoms with van der Waals surface area (Å²) in [6.07, 6.45) is 0. The second-order valence-corrected chi connectivity index (χ2v) is 3.13. The van der Waals surface area contributed by atoms with Crippen LogP contribution in [0.25, 0.3) is 0 Å². The molecule has 0 aromatic heterocycles. The number of benzene rings is 1. The van der Waals surface area contributed by atoms with Crippen molar-refractivity contribution in [2.45, 2.75) is 0 Å². The lowest BCUT2D eigenvalue weighted by Crippen LogP contribution is -2.23. The highest BCUT2D eigenvalue weighted by Gasteiger charge is 2.12. The van der Waals surface area contributed by atoms with E-state index in [2.05, 4.69) is 20.1 Å². The highest BCUT2D eigenvalue weighted by Crippen LogP contribution is 2.32. The minimum atomic E-state index is 0.778. The monoisotopic (exact) mass is 167 g/mol. The average molecular weight is 167 g/mol. The van der Waals surface area contributed by atoms with Crippen LogP contribution in [0.1, 0.15) is 0 Å². The maximum atomic E-state index is 5.44. The van der Waals surface area contributed by atoms with Crippen LogP contribution in [0.2, 0.25) is 0 Å². The van der Waals surface area contributed by atoms with Crippen molar-refractivity contribution in [2.75, 3.05) is 17.8 Å². The van der Waals surface area contributed by atoms with E-state index < -0.39 is 0 Å². The Balaban J connectivity index is 2.44. The second kappa shape index (κ2) is 2.71. The summed E-state index contributed by atoms with van der Waals surface area (Å²) < 4.78 is 7.56. The van der Waals surface area contributed by atoms with Crippen molar-refractivity contribution in [3.63, 3.8) is 0 Å². The Labute approximate surface area is 68.4 Å². The molecule has 2 rings (SSSR count). The van der Waals surface area contributed by atoms with Gasteiger partial charge in [0.1, 0.15) is 12.4 Å². The smallest absolute Gasteiger partial charge is 0.142 e. The number of nitrogens with zero attached hydrogens (tertiary/aromatic N) is 1. The minimum absolute atomic E-state index is 0.778. The molecular formula is C8H10NOP. The highest BCUT2D eigenvalue weighted by molar-refractivity contribution is 7.19. The van der Waals surface area contributed by atoms with Crippen molar-refractivity contribution in [1.82, 2.24) is 0 Å². The van der Waals surface area contributed by atoms with Crippen molar-refractivity contribution in [2.24, 2.45) is 0 Å². The fraction of sp³-hybridized carbons (Fsp3) is 0.250. The molecule has 2 nitrogen and oxygen atoms in total. The van der Waals surface area contributed by atoms with E-state index >= 15 is 0 Å². The quantitative estimate of drug-likeness (QED) is 0.545. The van der Waals surface area contributed by atoms with E-state index in [0.717, 1.165) is 24.6 Å². The van der Waals surface area contributed by atoms with E-state index in [1.807, 2.05) is 18.2 Å². The molecule has 58 valence electrons. The Morgan fingerprint density at radius 1 is 1.36 bits per heavy atom. The molecule has 1 aliphatic rings. The Morgan fingerprint density at radius 2 is 2.18 bits per heavy atom. The molecule has 0 bridgehead atoms. The zero-order valence-electron chi connectivity index (χ0n) is 6.16. The molecule has 0 aliphatic carbocycles. The summed E-state index contributed by atoms with van der Waals surface area (Å²) in [5.74, 6) is 0.980. The van der Waals surface area contributed by atoms with Gasteiger partial charge < -0.3 is 9.41 Å². The SMILES string of the molecule is PN1CCOc2ccccc21. The van der Waals surface area contributed by atoms with Crippen LogP contribution in [0.3, 0.4) is 0 Å². The van der Waals surface area contributed by atoms with E-state index in [1.165, 1.54) is 0 Å². The summed E-state index contributed by atoms with van der Waals surface area (Å²) in [5, 5.41) is 0. The number of rotatable bonds is 0. The molecule has 0 fully saturated rings. The Morgan fingerprint density at radius 3 is 3.00 bits per heavy atom. The van der Waals surface area contributed by atoms with Gasteiger partial charge in [0.25, 0.3) is 0 Å². The molecule has 1 aliphatic heterocycles. The molecule has 1 atom stereocenters. The van der Waals surface area contributed by atoms with Crippen LogP contribution in [-0.4, -0.2) is 13.2 Å². The van der Waals surface area contributed by atoms with E-state index in [1.54, 1.807) is 0 Å². The van der Waals surface area contributed by atoms with Gasteiger partial charge in [-0.05, 0) is 21.5 Å². The van der Waals surface area contributed by atoms with E-state index in [4.69, 9.17) is 4.74 Å². The predicted octanol–water partition coefficient (Wildman–Crippen LogP) is 1.68. The molecule has 0 saturated carbocycles. The lowest BCUT2D eigenvalue weighted by Gasteiger charge is -2.26. The second-order valence-electron chi connectivity index (χ2n) is 2.51. The molecule has 3 heteroatoms. The number of fused-ring (bicyclic) bond motifs is 1. The standard InChI is InChI=1S/C8H10NOP/c11-9-5-6-10-8-4-2-1-3-7(8)9/h1-4H,5-6,11H2. The number of para-hydroxylation sites is 2. The third-order valence-corrected chi connectivity index (χ3v) is 2.30. The van der Waals surface area contributed by atoms with Crippen LogP contribution >= 0.6 is 9.39 Å². The van der Waals surface area contributed by atoms with Gasteiger partial charge in [0.2, 0.25) is 0 Å². The number of ether oxygens (including phenoxy) is 1. The normalized spacial score (nSPS) is 15.5. The number of hydrogen-bond donors (Lipinski definition) is 0. The van der Waals surface area contributed by atoms with Gasteiger partial charge in [0.05, 0.1) is 12.2 Å². The van der Waals surface area contributed by atoms with Gasteiger partial charge in [-0.15, -0.1) is 0 Å². The molecule has 0 spiro atoms. The van der Waals surface area contributed by atoms with Gasteiger partial charge >= 0.3 is 0 Å². The third-order valence-electron chi connectivity index (χ3n) is 1.76. The van der Waals surface area contributed by atoms with E-state index in [0.29, 0.717) is 0 Å². The first-order valence-corrected chi connectivity index (χ1v) is 4.13. The lowest BCUT2D eigenvalue weighted by atomic mass is 10.2. The van der Waals surface area contributed by atoms with Gasteiger partial charge in [0, 0.05) is 0 Å². The van der Waals surface area contributed by atoms with Crippen LogP contribution in [0.15, 0.2) is 24.3 Å². The summed E-state index contributed by atoms with van der Waals surface area (Å²) in [6, 6.07) is 8.06. The summed E-state index contributed by atoms with van der Waals surface area (Å²) in [6.45, 7) is 1.72. The third kappa shape index (κ3) is 1.19. The average Bonchev–Trinajstić information content (AvgIpc) is 2.06. The molecule has 1 heterocycles. The van der Waals surface area contributed by atoms with Crippen LogP contribution in [0.5, 0.6) is 5.75 Å². The fourth-order valence-electron chi connectivity index (χ4n) is 1.19. The minimum Gasteiger partial charge on any atom is -0.490 e. The zero-order chi connectivity index (χ0) is 7.68. The molecule has 0 N–H and O–H groups in total. The largest absolute Gasteiger partial charge is 0.490 e. The van der Waals surface area contributed by atoms with Crippen molar-refractivity contribution in [3.05, 3.63) is 24.3 Å². The molecule has 1 unspecified atom stereocenters. The zero-order valence-corrected chi connectivity index (χ0v) is 7.31. The Kier molecular flexibility index (Phi) is 1.71. The first kappa shape index (κ1) is 6.93. The molecular weight excluding hydrogens is 157 g/mol. The van der Waals surface area contributed by atoms with Crippen molar-refractivity contribution in [3.8, 4) is 5.75 Å². The van der Waals surface area contributed by atoms with Gasteiger partial charge in [-0.25, -0.2) is 0 Å². The van der Waals surface area contributed by atoms with Gasteiger partial charge in [0.15, 0.2) is 0 Å². The van der Waals surface area contributed by atoms with Gasteiger partial charge in [-0.2, -0.15) is 0 Å². The van der Waals surface area contributed by atoms with Crippen molar-refractivity contribution < 1.29 is 4.74 Å². The van der Waals surface area contributed by atoms with Crippen LogP contribution in [-0.2, 0) is 0 Å².